The lowest BCUT2D eigenvalue weighted by atomic mass is 10.2. The molecule has 114 valence electrons. The van der Waals surface area contributed by atoms with Crippen LogP contribution >= 0.6 is 38.5 Å². The molecule has 9 heteroatoms. The number of rotatable bonds is 3. The second-order valence-electron chi connectivity index (χ2n) is 4.64. The average molecular weight is 483 g/mol. The maximum atomic E-state index is 5.45. The monoisotopic (exact) mass is 482 g/mol. The van der Waals surface area contributed by atoms with Crippen LogP contribution < -0.4 is 5.43 Å². The largest absolute Gasteiger partial charge is 0.448 e. The van der Waals surface area contributed by atoms with Crippen molar-refractivity contribution in [1.82, 2.24) is 20.2 Å². The van der Waals surface area contributed by atoms with Gasteiger partial charge in [0.2, 0.25) is 0 Å². The molecule has 7 nitrogen and oxygen atoms in total. The Morgan fingerprint density at radius 3 is 3.00 bits per heavy atom. The van der Waals surface area contributed by atoms with Crippen LogP contribution in [0.3, 0.4) is 0 Å². The summed E-state index contributed by atoms with van der Waals surface area (Å²) in [7, 11) is 0. The van der Waals surface area contributed by atoms with Gasteiger partial charge in [-0.05, 0) is 22.0 Å². The molecule has 0 atom stereocenters. The van der Waals surface area contributed by atoms with Crippen molar-refractivity contribution in [2.75, 3.05) is 5.43 Å². The molecule has 0 aliphatic rings. The van der Waals surface area contributed by atoms with E-state index in [1.54, 1.807) is 6.21 Å². The number of nitrogens with zero attached hydrogens (tertiary/aromatic N) is 4. The van der Waals surface area contributed by atoms with Crippen molar-refractivity contribution in [2.24, 2.45) is 5.10 Å². The summed E-state index contributed by atoms with van der Waals surface area (Å²) >= 11 is 5.46. The molecule has 4 rings (SSSR count). The Kier molecular flexibility index (Phi) is 3.73. The van der Waals surface area contributed by atoms with Gasteiger partial charge in [0.05, 0.1) is 10.7 Å². The van der Waals surface area contributed by atoms with Crippen LogP contribution in [0.1, 0.15) is 5.76 Å². The van der Waals surface area contributed by atoms with E-state index in [4.69, 9.17) is 4.42 Å². The normalized spacial score (nSPS) is 11.7. The molecular weight excluding hydrogens is 475 g/mol. The van der Waals surface area contributed by atoms with Crippen LogP contribution in [0.5, 0.6) is 0 Å². The molecule has 0 aliphatic heterocycles. The molecule has 3 aromatic heterocycles. The van der Waals surface area contributed by atoms with E-state index in [2.05, 4.69) is 69.2 Å². The Labute approximate surface area is 151 Å². The molecule has 23 heavy (non-hydrogen) atoms. The molecule has 0 spiro atoms. The number of hydrogen-bond acceptors (Lipinski definition) is 6. The number of fused-ring (bicyclic) bond motifs is 3. The third-order valence-corrected chi connectivity index (χ3v) is 5.27. The number of aromatic amines is 1. The van der Waals surface area contributed by atoms with E-state index < -0.39 is 0 Å². The fourth-order valence-electron chi connectivity index (χ4n) is 2.15. The van der Waals surface area contributed by atoms with Crippen molar-refractivity contribution in [2.45, 2.75) is 0 Å². The Morgan fingerprint density at radius 2 is 2.17 bits per heavy atom. The SMILES string of the molecule is Brc1cc(/C=N\Nc2nnc3c(n2)[nH]c2ccccc23)oc1I. The molecule has 0 saturated heterocycles. The lowest BCUT2D eigenvalue weighted by molar-refractivity contribution is 0.529. The van der Waals surface area contributed by atoms with Crippen LogP contribution in [0.2, 0.25) is 0 Å². The number of H-pyrrole nitrogens is 1. The van der Waals surface area contributed by atoms with E-state index in [1.165, 1.54) is 0 Å². The van der Waals surface area contributed by atoms with Gasteiger partial charge in [-0.1, -0.05) is 18.2 Å². The highest BCUT2D eigenvalue weighted by molar-refractivity contribution is 14.1. The summed E-state index contributed by atoms with van der Waals surface area (Å²) in [4.78, 5) is 7.58. The lowest BCUT2D eigenvalue weighted by Crippen LogP contribution is -1.98. The van der Waals surface area contributed by atoms with Crippen molar-refractivity contribution >= 4 is 72.8 Å². The predicted octanol–water partition coefficient (Wildman–Crippen LogP) is 3.91. The molecule has 0 bridgehead atoms. The zero-order valence-corrected chi connectivity index (χ0v) is 15.2. The van der Waals surface area contributed by atoms with Gasteiger partial charge in [-0.15, -0.1) is 10.2 Å². The highest BCUT2D eigenvalue weighted by Gasteiger charge is 2.08. The maximum absolute atomic E-state index is 5.45. The third kappa shape index (κ3) is 2.81. The van der Waals surface area contributed by atoms with Crippen molar-refractivity contribution in [3.8, 4) is 0 Å². The van der Waals surface area contributed by atoms with Crippen LogP contribution in [0, 0.1) is 3.77 Å². The molecule has 0 radical (unpaired) electrons. The molecule has 2 N–H and O–H groups in total. The summed E-state index contributed by atoms with van der Waals surface area (Å²) in [5, 5.41) is 13.3. The first-order valence-corrected chi connectivity index (χ1v) is 8.43. The number of hydrogen-bond donors (Lipinski definition) is 2. The smallest absolute Gasteiger partial charge is 0.265 e. The standard InChI is InChI=1S/C14H8BrIN6O/c15-9-5-7(23-12(9)16)6-17-21-14-19-13-11(20-22-14)8-3-1-2-4-10(8)18-13/h1-6H,(H2,18,19,21,22)/b17-6-. The van der Waals surface area contributed by atoms with Crippen molar-refractivity contribution < 1.29 is 4.42 Å². The van der Waals surface area contributed by atoms with E-state index in [0.717, 1.165) is 24.7 Å². The molecule has 0 fully saturated rings. The molecule has 1 aromatic carbocycles. The van der Waals surface area contributed by atoms with E-state index >= 15 is 0 Å². The van der Waals surface area contributed by atoms with Gasteiger partial charge in [-0.2, -0.15) is 10.1 Å². The first-order valence-electron chi connectivity index (χ1n) is 6.56. The van der Waals surface area contributed by atoms with Crippen LogP contribution in [-0.4, -0.2) is 26.4 Å². The van der Waals surface area contributed by atoms with Gasteiger partial charge in [-0.3, -0.25) is 0 Å². The molecule has 3 heterocycles. The van der Waals surface area contributed by atoms with Gasteiger partial charge in [0, 0.05) is 39.6 Å². The molecule has 0 amide bonds. The highest BCUT2D eigenvalue weighted by atomic mass is 127. The van der Waals surface area contributed by atoms with E-state index in [-0.39, 0.29) is 0 Å². The minimum absolute atomic E-state index is 0.306. The Morgan fingerprint density at radius 1 is 1.30 bits per heavy atom. The quantitative estimate of drug-likeness (QED) is 0.262. The summed E-state index contributed by atoms with van der Waals surface area (Å²) in [6, 6.07) is 9.69. The summed E-state index contributed by atoms with van der Waals surface area (Å²) in [5.74, 6) is 0.925. The number of benzene rings is 1. The number of hydrazone groups is 1. The zero-order chi connectivity index (χ0) is 15.8. The minimum atomic E-state index is 0.306. The fourth-order valence-corrected chi connectivity index (χ4v) is 2.87. The van der Waals surface area contributed by atoms with Crippen LogP contribution in [-0.2, 0) is 0 Å². The fraction of sp³-hybridized carbons (Fsp3) is 0. The topological polar surface area (TPSA) is 92.0 Å². The van der Waals surface area contributed by atoms with Crippen LogP contribution in [0.15, 0.2) is 44.3 Å². The van der Waals surface area contributed by atoms with Gasteiger partial charge < -0.3 is 9.40 Å². The number of anilines is 1. The Balaban J connectivity index is 1.60. The summed E-state index contributed by atoms with van der Waals surface area (Å²) < 4.78 is 7.10. The third-order valence-electron chi connectivity index (χ3n) is 3.14. The van der Waals surface area contributed by atoms with Crippen molar-refractivity contribution in [3.05, 3.63) is 44.3 Å². The Bertz CT molecular complexity index is 1020. The number of aromatic nitrogens is 4. The van der Waals surface area contributed by atoms with Crippen molar-refractivity contribution in [3.63, 3.8) is 0 Å². The average Bonchev–Trinajstić information content (AvgIpc) is 3.07. The summed E-state index contributed by atoms with van der Waals surface area (Å²) in [5.41, 5.74) is 5.11. The van der Waals surface area contributed by atoms with Crippen LogP contribution in [0.25, 0.3) is 22.1 Å². The minimum Gasteiger partial charge on any atom is -0.448 e. The van der Waals surface area contributed by atoms with Crippen LogP contribution in [0.4, 0.5) is 5.95 Å². The lowest BCUT2D eigenvalue weighted by Gasteiger charge is -1.96. The number of furan rings is 1. The Hall–Kier alpha value is -2.01. The van der Waals surface area contributed by atoms with E-state index in [9.17, 15) is 0 Å². The summed E-state index contributed by atoms with van der Waals surface area (Å²) in [6.45, 7) is 0. The molecule has 0 saturated carbocycles. The first kappa shape index (κ1) is 14.6. The first-order chi connectivity index (χ1) is 11.2. The summed E-state index contributed by atoms with van der Waals surface area (Å²) in [6.07, 6.45) is 1.55. The van der Waals surface area contributed by atoms with E-state index in [0.29, 0.717) is 17.4 Å². The van der Waals surface area contributed by atoms with Gasteiger partial charge in [-0.25, -0.2) is 5.43 Å². The van der Waals surface area contributed by atoms with Crippen molar-refractivity contribution in [1.29, 1.82) is 0 Å². The molecular formula is C14H8BrIN6O. The highest BCUT2D eigenvalue weighted by Crippen LogP contribution is 2.23. The predicted molar refractivity (Wildman–Crippen MR) is 99.5 cm³/mol. The number of halogens is 2. The number of nitrogens with one attached hydrogen (secondary N) is 2. The van der Waals surface area contributed by atoms with Gasteiger partial charge in [0.1, 0.15) is 11.3 Å². The second-order valence-corrected chi connectivity index (χ2v) is 6.48. The van der Waals surface area contributed by atoms with Gasteiger partial charge in [0.25, 0.3) is 5.95 Å². The van der Waals surface area contributed by atoms with Gasteiger partial charge >= 0.3 is 0 Å². The number of para-hydroxylation sites is 1. The molecule has 4 aromatic rings. The second kappa shape index (κ2) is 5.89. The van der Waals surface area contributed by atoms with E-state index in [1.807, 2.05) is 30.3 Å². The molecule has 0 unspecified atom stereocenters. The zero-order valence-electron chi connectivity index (χ0n) is 11.4. The molecule has 0 aliphatic carbocycles. The van der Waals surface area contributed by atoms with Gasteiger partial charge in [0.15, 0.2) is 9.41 Å². The maximum Gasteiger partial charge on any atom is 0.265 e.